The van der Waals surface area contributed by atoms with Gasteiger partial charge in [0.25, 0.3) is 5.91 Å². The molecule has 26 heavy (non-hydrogen) atoms. The number of fused-ring (bicyclic) bond motifs is 1. The molecule has 0 unspecified atom stereocenters. The van der Waals surface area contributed by atoms with Crippen LogP contribution in [-0.4, -0.2) is 43.2 Å². The first-order valence-corrected chi connectivity index (χ1v) is 8.45. The first-order chi connectivity index (χ1) is 12.7. The van der Waals surface area contributed by atoms with Gasteiger partial charge in [0.2, 0.25) is 0 Å². The van der Waals surface area contributed by atoms with Crippen molar-refractivity contribution < 1.29 is 14.3 Å². The number of hydrazone groups is 1. The predicted octanol–water partition coefficient (Wildman–Crippen LogP) is 1.98. The van der Waals surface area contributed by atoms with Crippen LogP contribution in [0.5, 0.6) is 0 Å². The Morgan fingerprint density at radius 1 is 1.15 bits per heavy atom. The number of rotatable bonds is 5. The van der Waals surface area contributed by atoms with Crippen molar-refractivity contribution >= 4 is 18.1 Å². The highest BCUT2D eigenvalue weighted by Crippen LogP contribution is 2.17. The van der Waals surface area contributed by atoms with Gasteiger partial charge in [0.1, 0.15) is 0 Å². The molecule has 0 radical (unpaired) electrons. The van der Waals surface area contributed by atoms with Crippen LogP contribution in [-0.2, 0) is 22.5 Å². The molecule has 2 aromatic rings. The fraction of sp³-hybridized carbons (Fsp3) is 0.250. The van der Waals surface area contributed by atoms with Gasteiger partial charge < -0.3 is 4.74 Å². The van der Waals surface area contributed by atoms with Crippen molar-refractivity contribution in [3.8, 4) is 0 Å². The van der Waals surface area contributed by atoms with Crippen molar-refractivity contribution in [3.05, 3.63) is 70.8 Å². The number of nitrogens with one attached hydrogen (secondary N) is 1. The molecule has 2 aromatic carbocycles. The summed E-state index contributed by atoms with van der Waals surface area (Å²) in [7, 11) is 1.34. The van der Waals surface area contributed by atoms with Crippen molar-refractivity contribution in [1.29, 1.82) is 0 Å². The summed E-state index contributed by atoms with van der Waals surface area (Å²) in [4.78, 5) is 25.6. The lowest BCUT2D eigenvalue weighted by atomic mass is 10.00. The molecule has 0 bridgehead atoms. The number of hydrogen-bond donors (Lipinski definition) is 1. The minimum absolute atomic E-state index is 0.146. The summed E-state index contributed by atoms with van der Waals surface area (Å²) >= 11 is 0. The summed E-state index contributed by atoms with van der Waals surface area (Å²) in [5.41, 5.74) is 6.44. The topological polar surface area (TPSA) is 71.0 Å². The lowest BCUT2D eigenvalue weighted by molar-refractivity contribution is -0.122. The highest BCUT2D eigenvalue weighted by Gasteiger charge is 2.17. The Hall–Kier alpha value is -2.99. The largest absolute Gasteiger partial charge is 0.465 e. The van der Waals surface area contributed by atoms with Crippen LogP contribution >= 0.6 is 0 Å². The van der Waals surface area contributed by atoms with Gasteiger partial charge in [-0.25, -0.2) is 10.2 Å². The molecule has 0 saturated heterocycles. The first kappa shape index (κ1) is 17.8. The van der Waals surface area contributed by atoms with Crippen LogP contribution in [0.2, 0.25) is 0 Å². The first-order valence-electron chi connectivity index (χ1n) is 8.45. The smallest absolute Gasteiger partial charge is 0.337 e. The van der Waals surface area contributed by atoms with E-state index in [1.807, 2.05) is 12.1 Å². The molecule has 1 aliphatic heterocycles. The Labute approximate surface area is 152 Å². The fourth-order valence-corrected chi connectivity index (χ4v) is 2.93. The molecule has 1 N–H and O–H groups in total. The standard InChI is InChI=1S/C20H21N3O3/c1-26-20(25)17-8-6-15(7-9-17)12-21-22-19(24)14-23-11-10-16-4-2-3-5-18(16)13-23/h2-9,12H,10-11,13-14H2,1H3,(H,22,24)/b21-12+. The lowest BCUT2D eigenvalue weighted by Crippen LogP contribution is -2.38. The van der Waals surface area contributed by atoms with Gasteiger partial charge in [0.05, 0.1) is 25.4 Å². The van der Waals surface area contributed by atoms with Crippen LogP contribution in [0.1, 0.15) is 27.0 Å². The van der Waals surface area contributed by atoms with E-state index < -0.39 is 0 Å². The normalized spacial score (nSPS) is 14.0. The van der Waals surface area contributed by atoms with E-state index in [0.717, 1.165) is 25.1 Å². The lowest BCUT2D eigenvalue weighted by Gasteiger charge is -2.27. The Balaban J connectivity index is 1.48. The Morgan fingerprint density at radius 3 is 2.62 bits per heavy atom. The number of esters is 1. The molecule has 134 valence electrons. The van der Waals surface area contributed by atoms with Gasteiger partial charge in [0, 0.05) is 13.1 Å². The summed E-state index contributed by atoms with van der Waals surface area (Å²) in [6.07, 6.45) is 2.50. The van der Waals surface area contributed by atoms with E-state index in [9.17, 15) is 9.59 Å². The fourth-order valence-electron chi connectivity index (χ4n) is 2.93. The Kier molecular flexibility index (Phi) is 5.76. The summed E-state index contributed by atoms with van der Waals surface area (Å²) in [5.74, 6) is -0.531. The van der Waals surface area contributed by atoms with Gasteiger partial charge in [-0.3, -0.25) is 9.69 Å². The van der Waals surface area contributed by atoms with Crippen LogP contribution in [0.3, 0.4) is 0 Å². The maximum atomic E-state index is 12.1. The molecular weight excluding hydrogens is 330 g/mol. The summed E-state index contributed by atoms with van der Waals surface area (Å²) < 4.78 is 4.65. The van der Waals surface area contributed by atoms with Crippen molar-refractivity contribution in [2.24, 2.45) is 5.10 Å². The van der Waals surface area contributed by atoms with Crippen LogP contribution in [0.4, 0.5) is 0 Å². The van der Waals surface area contributed by atoms with E-state index in [1.54, 1.807) is 30.5 Å². The highest BCUT2D eigenvalue weighted by molar-refractivity contribution is 5.90. The number of hydrogen-bond acceptors (Lipinski definition) is 5. The monoisotopic (exact) mass is 351 g/mol. The quantitative estimate of drug-likeness (QED) is 0.508. The van der Waals surface area contributed by atoms with E-state index in [4.69, 9.17) is 0 Å². The van der Waals surface area contributed by atoms with E-state index in [0.29, 0.717) is 12.1 Å². The number of nitrogens with zero attached hydrogens (tertiary/aromatic N) is 2. The highest BCUT2D eigenvalue weighted by atomic mass is 16.5. The molecule has 3 rings (SSSR count). The number of benzene rings is 2. The van der Waals surface area contributed by atoms with E-state index in [1.165, 1.54) is 18.2 Å². The van der Waals surface area contributed by atoms with Crippen molar-refractivity contribution in [3.63, 3.8) is 0 Å². The molecule has 0 spiro atoms. The molecule has 0 aromatic heterocycles. The van der Waals surface area contributed by atoms with Gasteiger partial charge in [-0.2, -0.15) is 5.10 Å². The molecule has 0 aliphatic carbocycles. The summed E-state index contributed by atoms with van der Waals surface area (Å²) in [6, 6.07) is 15.1. The third kappa shape index (κ3) is 4.55. The van der Waals surface area contributed by atoms with Crippen molar-refractivity contribution in [1.82, 2.24) is 10.3 Å². The van der Waals surface area contributed by atoms with Gasteiger partial charge in [-0.15, -0.1) is 0 Å². The number of methoxy groups -OCH3 is 1. The number of carbonyl (C=O) groups excluding carboxylic acids is 2. The number of amides is 1. The maximum absolute atomic E-state index is 12.1. The second-order valence-corrected chi connectivity index (χ2v) is 6.14. The molecule has 1 heterocycles. The molecule has 1 aliphatic rings. The summed E-state index contributed by atoms with van der Waals surface area (Å²) in [5, 5.41) is 3.98. The van der Waals surface area contributed by atoms with Gasteiger partial charge in [0.15, 0.2) is 0 Å². The third-order valence-corrected chi connectivity index (χ3v) is 4.31. The zero-order chi connectivity index (χ0) is 18.4. The molecule has 0 saturated carbocycles. The van der Waals surface area contributed by atoms with Crippen molar-refractivity contribution in [2.45, 2.75) is 13.0 Å². The molecule has 1 amide bonds. The van der Waals surface area contributed by atoms with Crippen LogP contribution in [0.25, 0.3) is 0 Å². The van der Waals surface area contributed by atoms with E-state index in [2.05, 4.69) is 32.3 Å². The van der Waals surface area contributed by atoms with Gasteiger partial charge in [-0.1, -0.05) is 36.4 Å². The SMILES string of the molecule is COC(=O)c1ccc(/C=N/NC(=O)CN2CCc3ccccc3C2)cc1. The van der Waals surface area contributed by atoms with Crippen LogP contribution in [0.15, 0.2) is 53.6 Å². The van der Waals surface area contributed by atoms with Crippen LogP contribution in [0, 0.1) is 0 Å². The molecule has 6 heteroatoms. The van der Waals surface area contributed by atoms with E-state index in [-0.39, 0.29) is 11.9 Å². The molecule has 6 nitrogen and oxygen atoms in total. The van der Waals surface area contributed by atoms with E-state index >= 15 is 0 Å². The third-order valence-electron chi connectivity index (χ3n) is 4.31. The minimum Gasteiger partial charge on any atom is -0.465 e. The zero-order valence-electron chi connectivity index (χ0n) is 14.6. The number of ether oxygens (including phenoxy) is 1. The molecular formula is C20H21N3O3. The van der Waals surface area contributed by atoms with Gasteiger partial charge in [-0.05, 0) is 35.2 Å². The zero-order valence-corrected chi connectivity index (χ0v) is 14.6. The molecule has 0 atom stereocenters. The minimum atomic E-state index is -0.384. The second-order valence-electron chi connectivity index (χ2n) is 6.14. The Morgan fingerprint density at radius 2 is 1.88 bits per heavy atom. The van der Waals surface area contributed by atoms with Crippen molar-refractivity contribution in [2.75, 3.05) is 20.2 Å². The molecule has 0 fully saturated rings. The maximum Gasteiger partial charge on any atom is 0.337 e. The number of carbonyl (C=O) groups is 2. The average molecular weight is 351 g/mol. The summed E-state index contributed by atoms with van der Waals surface area (Å²) in [6.45, 7) is 1.96. The average Bonchev–Trinajstić information content (AvgIpc) is 2.68. The van der Waals surface area contributed by atoms with Crippen LogP contribution < -0.4 is 5.43 Å². The predicted molar refractivity (Wildman–Crippen MR) is 98.9 cm³/mol. The Bertz CT molecular complexity index is 815. The van der Waals surface area contributed by atoms with Gasteiger partial charge >= 0.3 is 5.97 Å². The second kappa shape index (κ2) is 8.40.